The summed E-state index contributed by atoms with van der Waals surface area (Å²) in [6, 6.07) is 14.6. The predicted molar refractivity (Wildman–Crippen MR) is 96.3 cm³/mol. The summed E-state index contributed by atoms with van der Waals surface area (Å²) in [5.74, 6) is 1.27. The summed E-state index contributed by atoms with van der Waals surface area (Å²) in [5, 5.41) is 0. The maximum absolute atomic E-state index is 11.8. The van der Waals surface area contributed by atoms with Crippen molar-refractivity contribution in [2.75, 3.05) is 18.1 Å². The minimum absolute atomic E-state index is 0.0637. The summed E-state index contributed by atoms with van der Waals surface area (Å²) in [6.45, 7) is 1.74. The first-order valence-electron chi connectivity index (χ1n) is 8.27. The van der Waals surface area contributed by atoms with Crippen LogP contribution in [0.15, 0.2) is 48.5 Å². The van der Waals surface area contributed by atoms with Crippen LogP contribution in [0, 0.1) is 6.92 Å². The van der Waals surface area contributed by atoms with Crippen molar-refractivity contribution in [3.63, 3.8) is 0 Å². The standard InChI is InChI=1S/C19H20O6S/c1-14-2-4-16(5-3-14)24-17-8-6-15(7-9-17)23-12-19(20)25-18-10-11-26(21,22)13-18/h2-9,18H,10-13H2,1H3/t18-/m0/s1. The number of carbonyl (C=O) groups is 1. The largest absolute Gasteiger partial charge is 0.482 e. The fourth-order valence-corrected chi connectivity index (χ4v) is 4.15. The van der Waals surface area contributed by atoms with E-state index in [-0.39, 0.29) is 18.1 Å². The number of ether oxygens (including phenoxy) is 3. The molecule has 1 saturated heterocycles. The highest BCUT2D eigenvalue weighted by Gasteiger charge is 2.30. The first-order chi connectivity index (χ1) is 12.4. The monoisotopic (exact) mass is 376 g/mol. The van der Waals surface area contributed by atoms with Crippen LogP contribution in [0.2, 0.25) is 0 Å². The van der Waals surface area contributed by atoms with Gasteiger partial charge in [-0.05, 0) is 49.7 Å². The smallest absolute Gasteiger partial charge is 0.344 e. The van der Waals surface area contributed by atoms with Crippen molar-refractivity contribution in [2.45, 2.75) is 19.4 Å². The van der Waals surface area contributed by atoms with E-state index in [2.05, 4.69) is 0 Å². The molecule has 0 amide bonds. The van der Waals surface area contributed by atoms with Crippen LogP contribution in [-0.4, -0.2) is 38.6 Å². The molecule has 7 heteroatoms. The summed E-state index contributed by atoms with van der Waals surface area (Å²) in [7, 11) is -3.07. The Morgan fingerprint density at radius 3 is 2.15 bits per heavy atom. The maximum atomic E-state index is 11.8. The molecule has 1 aliphatic rings. The molecule has 1 aliphatic heterocycles. The Morgan fingerprint density at radius 2 is 1.58 bits per heavy atom. The number of rotatable bonds is 6. The van der Waals surface area contributed by atoms with Crippen LogP contribution in [0.5, 0.6) is 17.2 Å². The molecule has 0 aliphatic carbocycles. The van der Waals surface area contributed by atoms with Crippen LogP contribution in [0.25, 0.3) is 0 Å². The van der Waals surface area contributed by atoms with Crippen molar-refractivity contribution >= 4 is 15.8 Å². The van der Waals surface area contributed by atoms with E-state index in [1.54, 1.807) is 24.3 Å². The van der Waals surface area contributed by atoms with E-state index in [0.29, 0.717) is 17.9 Å². The normalized spacial score (nSPS) is 18.3. The Hall–Kier alpha value is -2.54. The van der Waals surface area contributed by atoms with Gasteiger partial charge in [0.25, 0.3) is 0 Å². The topological polar surface area (TPSA) is 78.9 Å². The summed E-state index contributed by atoms with van der Waals surface area (Å²) < 4.78 is 38.9. The van der Waals surface area contributed by atoms with Crippen LogP contribution >= 0.6 is 0 Å². The van der Waals surface area contributed by atoms with Gasteiger partial charge >= 0.3 is 5.97 Å². The van der Waals surface area contributed by atoms with Gasteiger partial charge in [-0.3, -0.25) is 0 Å². The van der Waals surface area contributed by atoms with Crippen molar-refractivity contribution in [2.24, 2.45) is 0 Å². The molecule has 1 fully saturated rings. The van der Waals surface area contributed by atoms with Crippen molar-refractivity contribution in [1.82, 2.24) is 0 Å². The molecule has 0 aromatic heterocycles. The SMILES string of the molecule is Cc1ccc(Oc2ccc(OCC(=O)O[C@H]3CCS(=O)(=O)C3)cc2)cc1. The molecule has 1 heterocycles. The molecular weight excluding hydrogens is 356 g/mol. The van der Waals surface area contributed by atoms with Crippen LogP contribution in [-0.2, 0) is 19.4 Å². The van der Waals surface area contributed by atoms with Gasteiger partial charge in [0.05, 0.1) is 11.5 Å². The van der Waals surface area contributed by atoms with E-state index in [4.69, 9.17) is 14.2 Å². The number of benzene rings is 2. The molecule has 0 unspecified atom stereocenters. The Labute approximate surface area is 152 Å². The van der Waals surface area contributed by atoms with Gasteiger partial charge in [0, 0.05) is 0 Å². The minimum atomic E-state index is -3.07. The Bertz CT molecular complexity index is 856. The average molecular weight is 376 g/mol. The van der Waals surface area contributed by atoms with Gasteiger partial charge in [-0.1, -0.05) is 17.7 Å². The molecule has 6 nitrogen and oxygen atoms in total. The van der Waals surface area contributed by atoms with Crippen molar-refractivity contribution in [1.29, 1.82) is 0 Å². The minimum Gasteiger partial charge on any atom is -0.482 e. The van der Waals surface area contributed by atoms with E-state index < -0.39 is 21.9 Å². The molecule has 0 N–H and O–H groups in total. The number of aryl methyl sites for hydroxylation is 1. The predicted octanol–water partition coefficient (Wildman–Crippen LogP) is 2.90. The molecule has 2 aromatic carbocycles. The summed E-state index contributed by atoms with van der Waals surface area (Å²) in [4.78, 5) is 11.8. The van der Waals surface area contributed by atoms with Gasteiger partial charge in [-0.2, -0.15) is 0 Å². The highest BCUT2D eigenvalue weighted by molar-refractivity contribution is 7.91. The summed E-state index contributed by atoms with van der Waals surface area (Å²) in [5.41, 5.74) is 1.16. The van der Waals surface area contributed by atoms with Crippen molar-refractivity contribution < 1.29 is 27.4 Å². The average Bonchev–Trinajstić information content (AvgIpc) is 2.95. The number of hydrogen-bond donors (Lipinski definition) is 0. The molecule has 0 bridgehead atoms. The van der Waals surface area contributed by atoms with Crippen LogP contribution in [0.4, 0.5) is 0 Å². The Balaban J connectivity index is 1.46. The summed E-state index contributed by atoms with van der Waals surface area (Å²) >= 11 is 0. The van der Waals surface area contributed by atoms with Gasteiger partial charge in [-0.25, -0.2) is 13.2 Å². The first-order valence-corrected chi connectivity index (χ1v) is 10.1. The fourth-order valence-electron chi connectivity index (χ4n) is 2.56. The molecular formula is C19H20O6S. The quantitative estimate of drug-likeness (QED) is 0.722. The zero-order valence-corrected chi connectivity index (χ0v) is 15.2. The van der Waals surface area contributed by atoms with E-state index in [0.717, 1.165) is 11.3 Å². The van der Waals surface area contributed by atoms with Crippen LogP contribution in [0.3, 0.4) is 0 Å². The zero-order valence-electron chi connectivity index (χ0n) is 14.4. The van der Waals surface area contributed by atoms with Gasteiger partial charge < -0.3 is 14.2 Å². The number of carbonyl (C=O) groups excluding carboxylic acids is 1. The second kappa shape index (κ2) is 7.78. The van der Waals surface area contributed by atoms with E-state index in [9.17, 15) is 13.2 Å². The zero-order chi connectivity index (χ0) is 18.6. The molecule has 2 aromatic rings. The van der Waals surface area contributed by atoms with Gasteiger partial charge in [0.1, 0.15) is 23.4 Å². The molecule has 0 radical (unpaired) electrons. The Kier molecular flexibility index (Phi) is 5.46. The Morgan fingerprint density at radius 1 is 1.00 bits per heavy atom. The third-order valence-electron chi connectivity index (χ3n) is 3.93. The second-order valence-electron chi connectivity index (χ2n) is 6.19. The lowest BCUT2D eigenvalue weighted by atomic mass is 10.2. The number of sulfone groups is 1. The lowest BCUT2D eigenvalue weighted by Gasteiger charge is -2.11. The lowest BCUT2D eigenvalue weighted by Crippen LogP contribution is -2.23. The maximum Gasteiger partial charge on any atom is 0.344 e. The van der Waals surface area contributed by atoms with Gasteiger partial charge in [-0.15, -0.1) is 0 Å². The molecule has 26 heavy (non-hydrogen) atoms. The molecule has 1 atom stereocenters. The van der Waals surface area contributed by atoms with Gasteiger partial charge in [0.15, 0.2) is 16.4 Å². The second-order valence-corrected chi connectivity index (χ2v) is 8.42. The highest BCUT2D eigenvalue weighted by Crippen LogP contribution is 2.24. The van der Waals surface area contributed by atoms with Crippen LogP contribution in [0.1, 0.15) is 12.0 Å². The molecule has 0 saturated carbocycles. The third kappa shape index (κ3) is 5.23. The fraction of sp³-hybridized carbons (Fsp3) is 0.316. The van der Waals surface area contributed by atoms with E-state index in [1.807, 2.05) is 31.2 Å². The van der Waals surface area contributed by atoms with E-state index >= 15 is 0 Å². The first kappa shape index (κ1) is 18.3. The highest BCUT2D eigenvalue weighted by atomic mass is 32.2. The van der Waals surface area contributed by atoms with Crippen LogP contribution < -0.4 is 9.47 Å². The molecule has 3 rings (SSSR count). The third-order valence-corrected chi connectivity index (χ3v) is 5.66. The van der Waals surface area contributed by atoms with Gasteiger partial charge in [0.2, 0.25) is 0 Å². The molecule has 138 valence electrons. The van der Waals surface area contributed by atoms with Crippen molar-refractivity contribution in [3.8, 4) is 17.2 Å². The van der Waals surface area contributed by atoms with E-state index in [1.165, 1.54) is 0 Å². The number of esters is 1. The number of hydrogen-bond acceptors (Lipinski definition) is 6. The van der Waals surface area contributed by atoms with Crippen molar-refractivity contribution in [3.05, 3.63) is 54.1 Å². The lowest BCUT2D eigenvalue weighted by molar-refractivity contribution is -0.150. The summed E-state index contributed by atoms with van der Waals surface area (Å²) in [6.07, 6.45) is -0.222. The molecule has 0 spiro atoms.